The van der Waals surface area contributed by atoms with Gasteiger partial charge in [0.1, 0.15) is 5.75 Å². The third-order valence-corrected chi connectivity index (χ3v) is 2.73. The molecule has 0 spiro atoms. The zero-order valence-electron chi connectivity index (χ0n) is 11.1. The summed E-state index contributed by atoms with van der Waals surface area (Å²) in [6.07, 6.45) is -4.97. The fraction of sp³-hybridized carbons (Fsp3) is 0.0769. The molecule has 120 valence electrons. The van der Waals surface area contributed by atoms with Crippen molar-refractivity contribution in [3.8, 4) is 11.5 Å². The van der Waals surface area contributed by atoms with Gasteiger partial charge in [0.25, 0.3) is 5.75 Å². The van der Waals surface area contributed by atoms with E-state index in [1.807, 2.05) is 0 Å². The molecule has 0 aliphatic carbocycles. The van der Waals surface area contributed by atoms with Crippen molar-refractivity contribution in [3.05, 3.63) is 68.3 Å². The fourth-order valence-electron chi connectivity index (χ4n) is 1.74. The zero-order valence-corrected chi connectivity index (χ0v) is 11.1. The van der Waals surface area contributed by atoms with E-state index in [2.05, 4.69) is 0 Å². The van der Waals surface area contributed by atoms with Crippen molar-refractivity contribution in [1.29, 1.82) is 0 Å². The molecule has 0 aliphatic rings. The van der Waals surface area contributed by atoms with E-state index in [9.17, 15) is 33.4 Å². The Kier molecular flexibility index (Phi) is 4.16. The summed E-state index contributed by atoms with van der Waals surface area (Å²) < 4.78 is 43.3. The smallest absolute Gasteiger partial charge is 0.416 e. The standard InChI is InChI=1S/C13H7F3N2O5/c14-13(15,16)8-6-10(17(19)20)12(11(7-8)18(21)22)23-9-4-2-1-3-5-9/h1-7H. The molecule has 0 fully saturated rings. The molecular weight excluding hydrogens is 321 g/mol. The van der Waals surface area contributed by atoms with E-state index in [-0.39, 0.29) is 17.9 Å². The Labute approximate surface area is 126 Å². The number of hydrogen-bond donors (Lipinski definition) is 0. The van der Waals surface area contributed by atoms with Crippen LogP contribution in [0.4, 0.5) is 24.5 Å². The van der Waals surface area contributed by atoms with Crippen LogP contribution < -0.4 is 4.74 Å². The van der Waals surface area contributed by atoms with Crippen LogP contribution in [-0.2, 0) is 6.18 Å². The van der Waals surface area contributed by atoms with Gasteiger partial charge in [0.15, 0.2) is 0 Å². The number of halogens is 3. The highest BCUT2D eigenvalue weighted by atomic mass is 19.4. The minimum Gasteiger partial charge on any atom is -0.444 e. The molecular formula is C13H7F3N2O5. The largest absolute Gasteiger partial charge is 0.444 e. The number of alkyl halides is 3. The van der Waals surface area contributed by atoms with Crippen molar-refractivity contribution in [3.63, 3.8) is 0 Å². The van der Waals surface area contributed by atoms with Crippen LogP contribution >= 0.6 is 0 Å². The SMILES string of the molecule is O=[N+]([O-])c1cc(C(F)(F)F)cc([N+](=O)[O-])c1Oc1ccccc1. The first-order valence-corrected chi connectivity index (χ1v) is 5.97. The molecule has 0 bridgehead atoms. The fourth-order valence-corrected chi connectivity index (χ4v) is 1.74. The second-order valence-electron chi connectivity index (χ2n) is 4.27. The molecule has 2 rings (SSSR count). The number of hydrogen-bond acceptors (Lipinski definition) is 5. The summed E-state index contributed by atoms with van der Waals surface area (Å²) in [6, 6.07) is 7.70. The third-order valence-electron chi connectivity index (χ3n) is 2.73. The van der Waals surface area contributed by atoms with Gasteiger partial charge in [-0.2, -0.15) is 13.2 Å². The van der Waals surface area contributed by atoms with Gasteiger partial charge in [-0.3, -0.25) is 20.2 Å². The lowest BCUT2D eigenvalue weighted by Gasteiger charge is -2.10. The molecule has 0 N–H and O–H groups in total. The summed E-state index contributed by atoms with van der Waals surface area (Å²) in [6.45, 7) is 0. The highest BCUT2D eigenvalue weighted by Gasteiger charge is 2.38. The number of nitro groups is 2. The van der Waals surface area contributed by atoms with E-state index < -0.39 is 38.7 Å². The maximum Gasteiger partial charge on any atom is 0.416 e. The van der Waals surface area contributed by atoms with Crippen LogP contribution in [0.25, 0.3) is 0 Å². The highest BCUT2D eigenvalue weighted by molar-refractivity contribution is 5.63. The predicted octanol–water partition coefficient (Wildman–Crippen LogP) is 4.31. The lowest BCUT2D eigenvalue weighted by Crippen LogP contribution is -2.08. The van der Waals surface area contributed by atoms with Gasteiger partial charge < -0.3 is 4.74 Å². The average molecular weight is 328 g/mol. The van der Waals surface area contributed by atoms with Gasteiger partial charge in [-0.15, -0.1) is 0 Å². The molecule has 10 heteroatoms. The van der Waals surface area contributed by atoms with Crippen LogP contribution in [0.3, 0.4) is 0 Å². The number of ether oxygens (including phenoxy) is 1. The van der Waals surface area contributed by atoms with Crippen molar-refractivity contribution < 1.29 is 27.8 Å². The molecule has 0 aliphatic heterocycles. The van der Waals surface area contributed by atoms with Crippen molar-refractivity contribution >= 4 is 11.4 Å². The van der Waals surface area contributed by atoms with E-state index in [1.54, 1.807) is 6.07 Å². The van der Waals surface area contributed by atoms with Gasteiger partial charge in [-0.25, -0.2) is 0 Å². The summed E-state index contributed by atoms with van der Waals surface area (Å²) in [7, 11) is 0. The van der Waals surface area contributed by atoms with Crippen molar-refractivity contribution in [2.75, 3.05) is 0 Å². The Morgan fingerprint density at radius 1 is 0.913 bits per heavy atom. The highest BCUT2D eigenvalue weighted by Crippen LogP contribution is 2.44. The Morgan fingerprint density at radius 3 is 1.78 bits per heavy atom. The Morgan fingerprint density at radius 2 is 1.39 bits per heavy atom. The summed E-state index contributed by atoms with van der Waals surface area (Å²) >= 11 is 0. The topological polar surface area (TPSA) is 95.5 Å². The number of nitro benzene ring substituents is 2. The Balaban J connectivity index is 2.67. The van der Waals surface area contributed by atoms with E-state index in [0.717, 1.165) is 0 Å². The Bertz CT molecular complexity index is 727. The molecule has 0 radical (unpaired) electrons. The second kappa shape index (κ2) is 5.91. The molecule has 7 nitrogen and oxygen atoms in total. The van der Waals surface area contributed by atoms with Crippen molar-refractivity contribution in [2.45, 2.75) is 6.18 Å². The van der Waals surface area contributed by atoms with Crippen LogP contribution in [-0.4, -0.2) is 9.85 Å². The van der Waals surface area contributed by atoms with E-state index in [1.165, 1.54) is 24.3 Å². The molecule has 2 aromatic rings. The summed E-state index contributed by atoms with van der Waals surface area (Å²) in [5.41, 5.74) is -3.79. The predicted molar refractivity (Wildman–Crippen MR) is 71.3 cm³/mol. The van der Waals surface area contributed by atoms with Crippen LogP contribution in [0.15, 0.2) is 42.5 Å². The number of nitrogens with zero attached hydrogens (tertiary/aromatic N) is 2. The number of para-hydroxylation sites is 1. The molecule has 0 heterocycles. The quantitative estimate of drug-likeness (QED) is 0.615. The van der Waals surface area contributed by atoms with Gasteiger partial charge in [0, 0.05) is 12.1 Å². The van der Waals surface area contributed by atoms with Gasteiger partial charge in [0.05, 0.1) is 15.4 Å². The van der Waals surface area contributed by atoms with Crippen molar-refractivity contribution in [2.24, 2.45) is 0 Å². The lowest BCUT2D eigenvalue weighted by molar-refractivity contribution is -0.396. The molecule has 0 unspecified atom stereocenters. The van der Waals surface area contributed by atoms with Crippen molar-refractivity contribution in [1.82, 2.24) is 0 Å². The minimum absolute atomic E-state index is 0.0125. The number of rotatable bonds is 4. The average Bonchev–Trinajstić information content (AvgIpc) is 2.46. The first kappa shape index (κ1) is 16.2. The molecule has 0 saturated carbocycles. The third kappa shape index (κ3) is 3.54. The molecule has 2 aromatic carbocycles. The summed E-state index contributed by atoms with van der Waals surface area (Å²) in [4.78, 5) is 19.7. The first-order chi connectivity index (χ1) is 10.7. The van der Waals surface area contributed by atoms with E-state index in [0.29, 0.717) is 0 Å². The molecule has 0 aromatic heterocycles. The monoisotopic (exact) mass is 328 g/mol. The Hall–Kier alpha value is -3.17. The van der Waals surface area contributed by atoms with Crippen LogP contribution in [0.2, 0.25) is 0 Å². The zero-order chi connectivity index (χ0) is 17.2. The van der Waals surface area contributed by atoms with Crippen LogP contribution in [0.1, 0.15) is 5.56 Å². The first-order valence-electron chi connectivity index (χ1n) is 5.97. The second-order valence-corrected chi connectivity index (χ2v) is 4.27. The van der Waals surface area contributed by atoms with Crippen LogP contribution in [0.5, 0.6) is 11.5 Å². The maximum atomic E-state index is 12.7. The van der Waals surface area contributed by atoms with E-state index >= 15 is 0 Å². The number of benzene rings is 2. The van der Waals surface area contributed by atoms with Crippen LogP contribution in [0, 0.1) is 20.2 Å². The minimum atomic E-state index is -4.97. The maximum absolute atomic E-state index is 12.7. The molecule has 0 atom stereocenters. The molecule has 23 heavy (non-hydrogen) atoms. The molecule has 0 amide bonds. The van der Waals surface area contributed by atoms with Gasteiger partial charge >= 0.3 is 17.6 Å². The lowest BCUT2D eigenvalue weighted by atomic mass is 10.1. The van der Waals surface area contributed by atoms with Gasteiger partial charge in [0.2, 0.25) is 0 Å². The molecule has 0 saturated heterocycles. The summed E-state index contributed by atoms with van der Waals surface area (Å²) in [5, 5.41) is 22.0. The van der Waals surface area contributed by atoms with Gasteiger partial charge in [-0.1, -0.05) is 18.2 Å². The van der Waals surface area contributed by atoms with E-state index in [4.69, 9.17) is 4.74 Å². The summed E-state index contributed by atoms with van der Waals surface area (Å²) in [5.74, 6) is -0.849. The normalized spacial score (nSPS) is 11.1. The van der Waals surface area contributed by atoms with Gasteiger partial charge in [-0.05, 0) is 12.1 Å².